The van der Waals surface area contributed by atoms with Crippen molar-refractivity contribution in [3.8, 4) is 0 Å². The molecule has 1 aliphatic heterocycles. The van der Waals surface area contributed by atoms with E-state index in [9.17, 15) is 0 Å². The van der Waals surface area contributed by atoms with Gasteiger partial charge in [-0.2, -0.15) is 0 Å². The predicted molar refractivity (Wildman–Crippen MR) is 87.0 cm³/mol. The quantitative estimate of drug-likeness (QED) is 0.315. The molecule has 0 saturated carbocycles. The average molecular weight is 453 g/mol. The van der Waals surface area contributed by atoms with Crippen LogP contribution < -0.4 is 32.8 Å². The molecule has 3 aromatic rings. The van der Waals surface area contributed by atoms with Crippen LogP contribution in [0, 0.1) is 10.2 Å². The molecular weight excluding hydrogens is 437 g/mol. The molecule has 140 valence electrons. The van der Waals surface area contributed by atoms with Gasteiger partial charge in [0.15, 0.2) is 0 Å². The van der Waals surface area contributed by atoms with Crippen LogP contribution >= 0.6 is 0 Å². The molecule has 0 bridgehead atoms. The predicted octanol–water partition coefficient (Wildman–Crippen LogP) is -2.53. The zero-order valence-corrected chi connectivity index (χ0v) is 16.5. The fourth-order valence-electron chi connectivity index (χ4n) is 2.72. The van der Waals surface area contributed by atoms with Gasteiger partial charge in [-0.1, -0.05) is 0 Å². The van der Waals surface area contributed by atoms with Crippen molar-refractivity contribution in [2.75, 3.05) is 0 Å². The molecule has 0 saturated heterocycles. The fourth-order valence-corrected chi connectivity index (χ4v) is 5.34. The third-order valence-corrected chi connectivity index (χ3v) is 6.59. The number of halogens is 1. The van der Waals surface area contributed by atoms with Crippen LogP contribution in [0.1, 0.15) is 22.0 Å². The molecule has 1 aromatic heterocycles. The van der Waals surface area contributed by atoms with E-state index in [0.29, 0.717) is 19.8 Å². The molecule has 0 spiro atoms. The molecule has 2 aromatic carbocycles. The topological polar surface area (TPSA) is 105 Å². The maximum atomic E-state index is 8.49. The van der Waals surface area contributed by atoms with Crippen LogP contribution in [-0.2, 0) is 0 Å². The van der Waals surface area contributed by atoms with Crippen LogP contribution in [-0.4, -0.2) is 15.0 Å². The summed E-state index contributed by atoms with van der Waals surface area (Å²) < 4.78 is 37.2. The van der Waals surface area contributed by atoms with Crippen molar-refractivity contribution in [3.63, 3.8) is 0 Å². The number of benzene rings is 2. The summed E-state index contributed by atoms with van der Waals surface area (Å²) in [5, 5.41) is 0. The van der Waals surface area contributed by atoms with E-state index in [4.69, 9.17) is 23.5 Å². The summed E-state index contributed by atoms with van der Waals surface area (Å²) in [5.41, 5.74) is 2.59. The molecule has 0 N–H and O–H groups in total. The Morgan fingerprint density at radius 2 is 1.26 bits per heavy atom. The molecule has 27 heavy (non-hydrogen) atoms. The molecule has 0 radical (unpaired) electrons. The Balaban J connectivity index is 0.000000376. The summed E-state index contributed by atoms with van der Waals surface area (Å²) in [6, 6.07) is 27.5. The average Bonchev–Trinajstić information content (AvgIpc) is 2.67. The van der Waals surface area contributed by atoms with E-state index in [2.05, 4.69) is 72.8 Å². The number of rotatable bonds is 2. The van der Waals surface area contributed by atoms with Gasteiger partial charge in [-0.25, -0.2) is 18.6 Å². The standard InChI is InChI=1S/C19H16NOSe.ClHO4/c1-3-9-15(10-4-1)18-19(16-11-5-2-6-12-16)22-17-13-7-8-14-20(17)21-18;2-1(3,4)5/h1-14,18-19H;(H,2,3,4,5)/q+1;/p-1/t18-,19-;/m0./s1. The van der Waals surface area contributed by atoms with Crippen molar-refractivity contribution < 1.29 is 38.4 Å². The van der Waals surface area contributed by atoms with E-state index < -0.39 is 10.2 Å². The van der Waals surface area contributed by atoms with Gasteiger partial charge < -0.3 is 0 Å². The Morgan fingerprint density at radius 3 is 1.85 bits per heavy atom. The minimum absolute atomic E-state index is 0.0588. The summed E-state index contributed by atoms with van der Waals surface area (Å²) in [4.78, 5) is 6.70. The molecule has 0 fully saturated rings. The van der Waals surface area contributed by atoms with Crippen LogP contribution in [0.25, 0.3) is 0 Å². The summed E-state index contributed by atoms with van der Waals surface area (Å²) in [6.45, 7) is 0. The fraction of sp³-hybridized carbons (Fsp3) is 0.105. The van der Waals surface area contributed by atoms with Crippen molar-refractivity contribution >= 4 is 19.5 Å². The van der Waals surface area contributed by atoms with Crippen molar-refractivity contribution in [2.45, 2.75) is 10.9 Å². The first-order valence-corrected chi connectivity index (χ1v) is 11.1. The van der Waals surface area contributed by atoms with Crippen molar-refractivity contribution in [1.82, 2.24) is 0 Å². The second-order valence-corrected chi connectivity index (χ2v) is 8.82. The van der Waals surface area contributed by atoms with Crippen LogP contribution in [0.15, 0.2) is 85.1 Å². The molecule has 4 rings (SSSR count). The third kappa shape index (κ3) is 5.76. The Morgan fingerprint density at radius 1 is 0.741 bits per heavy atom. The minimum atomic E-state index is -4.94. The maximum absolute atomic E-state index is 8.49. The Bertz CT molecular complexity index is 788. The summed E-state index contributed by atoms with van der Waals surface area (Å²) in [5.74, 6) is 0. The van der Waals surface area contributed by atoms with Gasteiger partial charge in [-0.15, -0.1) is 10.2 Å². The number of hydrogen-bond acceptors (Lipinski definition) is 5. The second-order valence-electron chi connectivity index (χ2n) is 5.63. The normalized spacial score (nSPS) is 18.5. The van der Waals surface area contributed by atoms with Crippen LogP contribution in [0.2, 0.25) is 0 Å². The van der Waals surface area contributed by atoms with Crippen molar-refractivity contribution in [2.24, 2.45) is 0 Å². The number of aromatic nitrogens is 1. The first kappa shape index (κ1) is 19.8. The number of hydrogen-bond donors (Lipinski definition) is 0. The molecule has 6 nitrogen and oxygen atoms in total. The van der Waals surface area contributed by atoms with Crippen molar-refractivity contribution in [1.29, 1.82) is 0 Å². The summed E-state index contributed by atoms with van der Waals surface area (Å²) in [7, 11) is -4.94. The summed E-state index contributed by atoms with van der Waals surface area (Å²) in [6.07, 6.45) is 2.07. The Labute approximate surface area is 165 Å². The molecule has 0 aliphatic carbocycles. The molecule has 0 amide bonds. The van der Waals surface area contributed by atoms with Gasteiger partial charge in [0.25, 0.3) is 0 Å². The first-order chi connectivity index (χ1) is 12.9. The van der Waals surface area contributed by atoms with Crippen LogP contribution in [0.3, 0.4) is 0 Å². The van der Waals surface area contributed by atoms with Gasteiger partial charge in [-0.05, 0) is 0 Å². The van der Waals surface area contributed by atoms with Gasteiger partial charge >= 0.3 is 136 Å². The first-order valence-electron chi connectivity index (χ1n) is 7.98. The zero-order valence-electron chi connectivity index (χ0n) is 14.0. The Kier molecular flexibility index (Phi) is 6.46. The molecule has 1 aliphatic rings. The van der Waals surface area contributed by atoms with Gasteiger partial charge in [0.1, 0.15) is 0 Å². The van der Waals surface area contributed by atoms with E-state index in [1.165, 1.54) is 15.7 Å². The van der Waals surface area contributed by atoms with Gasteiger partial charge in [0.05, 0.1) is 0 Å². The molecule has 2 heterocycles. The molecule has 2 atom stereocenters. The Hall–Kier alpha value is -1.96. The second kappa shape index (κ2) is 8.82. The number of pyridine rings is 1. The number of fused-ring (bicyclic) bond motifs is 1. The third-order valence-electron chi connectivity index (χ3n) is 3.79. The molecule has 0 unspecified atom stereocenters. The van der Waals surface area contributed by atoms with E-state index in [1.807, 2.05) is 17.0 Å². The van der Waals surface area contributed by atoms with Crippen LogP contribution in [0.4, 0.5) is 0 Å². The van der Waals surface area contributed by atoms with E-state index >= 15 is 0 Å². The molecule has 8 heteroatoms. The SMILES string of the molecule is [O-][Cl+3]([O-])([O-])[O-].c1ccc([C@@H]2O[n+]3ccccc3[Se][C@H]2c2ccccc2)cc1. The molecular formula is C19H16ClNO5Se. The van der Waals surface area contributed by atoms with Gasteiger partial charge in [0, 0.05) is 0 Å². The number of nitrogens with zero attached hydrogens (tertiary/aromatic N) is 1. The van der Waals surface area contributed by atoms with E-state index in [0.717, 1.165) is 0 Å². The van der Waals surface area contributed by atoms with Gasteiger partial charge in [-0.3, -0.25) is 0 Å². The van der Waals surface area contributed by atoms with Gasteiger partial charge in [0.2, 0.25) is 0 Å². The zero-order chi connectivity index (χ0) is 19.3. The van der Waals surface area contributed by atoms with Crippen molar-refractivity contribution in [3.05, 3.63) is 96.2 Å². The monoisotopic (exact) mass is 453 g/mol. The summed E-state index contributed by atoms with van der Waals surface area (Å²) >= 11 is 0.321. The van der Waals surface area contributed by atoms with Crippen LogP contribution in [0.5, 0.6) is 0 Å². The van der Waals surface area contributed by atoms with E-state index in [-0.39, 0.29) is 6.10 Å². The van der Waals surface area contributed by atoms with E-state index in [1.54, 1.807) is 0 Å².